The molecule has 2 aromatic rings. The minimum absolute atomic E-state index is 0.227. The molecule has 1 heterocycles. The van der Waals surface area contributed by atoms with Crippen molar-refractivity contribution in [1.82, 2.24) is 10.1 Å². The molecule has 21 heavy (non-hydrogen) atoms. The third kappa shape index (κ3) is 3.36. The van der Waals surface area contributed by atoms with E-state index in [4.69, 9.17) is 26.6 Å². The maximum absolute atomic E-state index is 6.38. The monoisotopic (exact) mass is 307 g/mol. The number of hydrogen-bond acceptors (Lipinski definition) is 5. The zero-order chi connectivity index (χ0) is 14.7. The quantitative estimate of drug-likeness (QED) is 0.936. The minimum atomic E-state index is -0.444. The summed E-state index contributed by atoms with van der Waals surface area (Å²) >= 11 is 5.82. The molecule has 0 radical (unpaired) electrons. The summed E-state index contributed by atoms with van der Waals surface area (Å²) in [7, 11) is 0. The van der Waals surface area contributed by atoms with Gasteiger partial charge in [0.25, 0.3) is 5.89 Å². The first-order valence-corrected chi connectivity index (χ1v) is 7.54. The summed E-state index contributed by atoms with van der Waals surface area (Å²) in [5.41, 5.74) is 5.93. The van der Waals surface area contributed by atoms with E-state index < -0.39 is 5.54 Å². The smallest absolute Gasteiger partial charge is 0.264 e. The molecule has 1 saturated carbocycles. The molecule has 0 atom stereocenters. The van der Waals surface area contributed by atoms with E-state index in [1.807, 2.05) is 0 Å². The zero-order valence-corrected chi connectivity index (χ0v) is 12.5. The van der Waals surface area contributed by atoms with Crippen molar-refractivity contribution in [1.29, 1.82) is 0 Å². The van der Waals surface area contributed by atoms with Crippen LogP contribution in [0.3, 0.4) is 0 Å². The standard InChI is InChI=1S/C15H18ClN3O2/c16-11-4-6-12(7-5-11)20-10-13-18-14(19-21-13)15(17)8-2-1-3-9-15/h4-7H,1-3,8-10,17H2. The molecule has 3 rings (SSSR count). The number of aromatic nitrogens is 2. The Bertz CT molecular complexity index is 591. The highest BCUT2D eigenvalue weighted by Gasteiger charge is 2.34. The molecule has 0 saturated heterocycles. The van der Waals surface area contributed by atoms with Crippen LogP contribution >= 0.6 is 11.6 Å². The van der Waals surface area contributed by atoms with Gasteiger partial charge in [0, 0.05) is 5.02 Å². The lowest BCUT2D eigenvalue weighted by molar-refractivity contribution is 0.238. The van der Waals surface area contributed by atoms with Gasteiger partial charge < -0.3 is 15.0 Å². The van der Waals surface area contributed by atoms with Gasteiger partial charge in [0.1, 0.15) is 5.75 Å². The molecule has 1 fully saturated rings. The summed E-state index contributed by atoms with van der Waals surface area (Å²) in [6, 6.07) is 7.14. The first-order chi connectivity index (χ1) is 10.2. The van der Waals surface area contributed by atoms with E-state index in [-0.39, 0.29) is 6.61 Å². The minimum Gasteiger partial charge on any atom is -0.484 e. The van der Waals surface area contributed by atoms with Crippen LogP contribution in [0.2, 0.25) is 5.02 Å². The van der Waals surface area contributed by atoms with E-state index in [0.717, 1.165) is 25.7 Å². The third-order valence-corrected chi connectivity index (χ3v) is 4.09. The molecular weight excluding hydrogens is 290 g/mol. The summed E-state index contributed by atoms with van der Waals surface area (Å²) in [6.45, 7) is 0.227. The Morgan fingerprint density at radius 2 is 1.90 bits per heavy atom. The predicted molar refractivity (Wildman–Crippen MR) is 79.0 cm³/mol. The summed E-state index contributed by atoms with van der Waals surface area (Å²) in [5, 5.41) is 4.70. The highest BCUT2D eigenvalue weighted by molar-refractivity contribution is 6.30. The normalized spacial score (nSPS) is 17.6. The van der Waals surface area contributed by atoms with Gasteiger partial charge in [-0.25, -0.2) is 0 Å². The fraction of sp³-hybridized carbons (Fsp3) is 0.467. The Balaban J connectivity index is 1.63. The van der Waals surface area contributed by atoms with E-state index in [0.29, 0.717) is 22.5 Å². The molecular formula is C15H18ClN3O2. The van der Waals surface area contributed by atoms with Crippen LogP contribution in [-0.4, -0.2) is 10.1 Å². The topological polar surface area (TPSA) is 74.2 Å². The third-order valence-electron chi connectivity index (χ3n) is 3.84. The second-order valence-corrected chi connectivity index (χ2v) is 5.91. The SMILES string of the molecule is NC1(c2noc(COc3ccc(Cl)cc3)n2)CCCCC1. The Labute approximate surface area is 128 Å². The van der Waals surface area contributed by atoms with Crippen molar-refractivity contribution >= 4 is 11.6 Å². The number of halogens is 1. The van der Waals surface area contributed by atoms with Gasteiger partial charge in [-0.2, -0.15) is 4.98 Å². The summed E-state index contributed by atoms with van der Waals surface area (Å²) in [4.78, 5) is 4.38. The van der Waals surface area contributed by atoms with Crippen molar-refractivity contribution in [3.63, 3.8) is 0 Å². The lowest BCUT2D eigenvalue weighted by Gasteiger charge is -2.29. The Morgan fingerprint density at radius 1 is 1.19 bits per heavy atom. The molecule has 1 aliphatic carbocycles. The molecule has 6 heteroatoms. The zero-order valence-electron chi connectivity index (χ0n) is 11.7. The summed E-state index contributed by atoms with van der Waals surface area (Å²) in [5.74, 6) is 1.74. The highest BCUT2D eigenvalue weighted by Crippen LogP contribution is 2.33. The molecule has 0 bridgehead atoms. The first-order valence-electron chi connectivity index (χ1n) is 7.16. The largest absolute Gasteiger partial charge is 0.484 e. The molecule has 1 aromatic heterocycles. The van der Waals surface area contributed by atoms with Gasteiger partial charge in [-0.3, -0.25) is 0 Å². The van der Waals surface area contributed by atoms with Crippen LogP contribution in [0.5, 0.6) is 5.75 Å². The fourth-order valence-corrected chi connectivity index (χ4v) is 2.72. The van der Waals surface area contributed by atoms with Gasteiger partial charge in [0.15, 0.2) is 12.4 Å². The van der Waals surface area contributed by atoms with Crippen molar-refractivity contribution in [2.24, 2.45) is 5.73 Å². The number of nitrogens with two attached hydrogens (primary N) is 1. The van der Waals surface area contributed by atoms with Crippen molar-refractivity contribution in [3.05, 3.63) is 41.0 Å². The fourth-order valence-electron chi connectivity index (χ4n) is 2.60. The summed E-state index contributed by atoms with van der Waals surface area (Å²) in [6.07, 6.45) is 5.26. The highest BCUT2D eigenvalue weighted by atomic mass is 35.5. The lowest BCUT2D eigenvalue weighted by Crippen LogP contribution is -2.39. The van der Waals surface area contributed by atoms with Crippen LogP contribution in [0.25, 0.3) is 0 Å². The van der Waals surface area contributed by atoms with Crippen LogP contribution in [0.4, 0.5) is 0 Å². The van der Waals surface area contributed by atoms with Crippen LogP contribution in [0.15, 0.2) is 28.8 Å². The maximum Gasteiger partial charge on any atom is 0.264 e. The molecule has 0 spiro atoms. The van der Waals surface area contributed by atoms with Crippen molar-refractivity contribution in [2.45, 2.75) is 44.2 Å². The molecule has 2 N–H and O–H groups in total. The molecule has 1 aliphatic rings. The van der Waals surface area contributed by atoms with Gasteiger partial charge in [-0.05, 0) is 37.1 Å². The van der Waals surface area contributed by atoms with Crippen molar-refractivity contribution in [2.75, 3.05) is 0 Å². The van der Waals surface area contributed by atoms with E-state index in [1.165, 1.54) is 6.42 Å². The van der Waals surface area contributed by atoms with Crippen LogP contribution < -0.4 is 10.5 Å². The maximum atomic E-state index is 6.38. The van der Waals surface area contributed by atoms with Crippen LogP contribution in [0, 0.1) is 0 Å². The Morgan fingerprint density at radius 3 is 2.62 bits per heavy atom. The van der Waals surface area contributed by atoms with Crippen molar-refractivity contribution < 1.29 is 9.26 Å². The van der Waals surface area contributed by atoms with E-state index in [2.05, 4.69) is 10.1 Å². The molecule has 1 aromatic carbocycles. The van der Waals surface area contributed by atoms with E-state index >= 15 is 0 Å². The summed E-state index contributed by atoms with van der Waals surface area (Å²) < 4.78 is 10.8. The number of benzene rings is 1. The molecule has 0 amide bonds. The Kier molecular flexibility index (Phi) is 4.12. The van der Waals surface area contributed by atoms with Crippen LogP contribution in [-0.2, 0) is 12.1 Å². The van der Waals surface area contributed by atoms with Crippen LogP contribution in [0.1, 0.15) is 43.8 Å². The number of rotatable bonds is 4. The van der Waals surface area contributed by atoms with Gasteiger partial charge in [-0.1, -0.05) is 36.0 Å². The van der Waals surface area contributed by atoms with E-state index in [9.17, 15) is 0 Å². The molecule has 112 valence electrons. The number of nitrogens with zero attached hydrogens (tertiary/aromatic N) is 2. The predicted octanol–water partition coefficient (Wildman–Crippen LogP) is 3.42. The van der Waals surface area contributed by atoms with Gasteiger partial charge in [0.2, 0.25) is 0 Å². The average Bonchev–Trinajstić information content (AvgIpc) is 2.97. The van der Waals surface area contributed by atoms with Crippen molar-refractivity contribution in [3.8, 4) is 5.75 Å². The van der Waals surface area contributed by atoms with E-state index in [1.54, 1.807) is 24.3 Å². The second kappa shape index (κ2) is 6.03. The van der Waals surface area contributed by atoms with Gasteiger partial charge >= 0.3 is 0 Å². The number of hydrogen-bond donors (Lipinski definition) is 1. The van der Waals surface area contributed by atoms with Gasteiger partial charge in [0.05, 0.1) is 5.54 Å². The molecule has 0 aliphatic heterocycles. The molecule has 0 unspecified atom stereocenters. The van der Waals surface area contributed by atoms with Gasteiger partial charge in [-0.15, -0.1) is 0 Å². The number of ether oxygens (including phenoxy) is 1. The average molecular weight is 308 g/mol. The first kappa shape index (κ1) is 14.4. The molecule has 5 nitrogen and oxygen atoms in total. The Hall–Kier alpha value is -1.59. The second-order valence-electron chi connectivity index (χ2n) is 5.47. The lowest BCUT2D eigenvalue weighted by atomic mass is 9.82.